The van der Waals surface area contributed by atoms with Crippen LogP contribution in [0.1, 0.15) is 34.1 Å². The summed E-state index contributed by atoms with van der Waals surface area (Å²) in [6.45, 7) is 12.1. The Morgan fingerprint density at radius 3 is 2.52 bits per heavy atom. The van der Waals surface area contributed by atoms with Crippen LogP contribution in [0, 0.1) is 11.3 Å². The van der Waals surface area contributed by atoms with Crippen molar-refractivity contribution in [1.29, 1.82) is 0 Å². The van der Waals surface area contributed by atoms with Crippen molar-refractivity contribution in [2.45, 2.75) is 40.2 Å². The monoisotopic (exact) mass is 290 g/mol. The molecule has 2 rings (SSSR count). The summed E-state index contributed by atoms with van der Waals surface area (Å²) in [6.07, 6.45) is 1.28. The van der Waals surface area contributed by atoms with E-state index < -0.39 is 0 Å². The Balaban J connectivity index is 2.18. The molecule has 1 heterocycles. The third-order valence-corrected chi connectivity index (χ3v) is 4.84. The van der Waals surface area contributed by atoms with Crippen LogP contribution in [0.2, 0.25) is 0 Å². The zero-order valence-corrected chi connectivity index (χ0v) is 14.1. The lowest BCUT2D eigenvalue weighted by atomic mass is 9.73. The van der Waals surface area contributed by atoms with Crippen LogP contribution >= 0.6 is 0 Å². The molecule has 3 heteroatoms. The molecule has 1 aromatic carbocycles. The lowest BCUT2D eigenvalue weighted by molar-refractivity contribution is 0.172. The second kappa shape index (κ2) is 6.69. The number of anilines is 1. The predicted molar refractivity (Wildman–Crippen MR) is 90.2 cm³/mol. The van der Waals surface area contributed by atoms with Crippen molar-refractivity contribution < 1.29 is 4.74 Å². The van der Waals surface area contributed by atoms with E-state index in [9.17, 15) is 0 Å². The second-order valence-electron chi connectivity index (χ2n) is 6.87. The minimum atomic E-state index is 0.332. The average molecular weight is 290 g/mol. The number of rotatable bonds is 5. The molecule has 0 saturated carbocycles. The molecular weight excluding hydrogens is 260 g/mol. The summed E-state index contributed by atoms with van der Waals surface area (Å²) < 4.78 is 5.55. The molecule has 1 fully saturated rings. The van der Waals surface area contributed by atoms with Crippen LogP contribution in [-0.4, -0.2) is 32.8 Å². The summed E-state index contributed by atoms with van der Waals surface area (Å²) in [5.41, 5.74) is 1.64. The fourth-order valence-electron chi connectivity index (χ4n) is 3.49. The van der Waals surface area contributed by atoms with Crippen LogP contribution in [0.15, 0.2) is 24.3 Å². The summed E-state index contributed by atoms with van der Waals surface area (Å²) >= 11 is 0. The molecule has 2 atom stereocenters. The van der Waals surface area contributed by atoms with Crippen LogP contribution in [0.5, 0.6) is 5.75 Å². The van der Waals surface area contributed by atoms with Crippen LogP contribution in [0.25, 0.3) is 0 Å². The van der Waals surface area contributed by atoms with Crippen LogP contribution in [0.4, 0.5) is 5.69 Å². The standard InChI is InChI=1S/C18H30N2O/c1-6-21-17-9-7-16(8-10-17)20-13-15(12-19-5)11-18(3,4)14(20)2/h7-10,14-15,19H,6,11-13H2,1-5H3/t14-,15-/m0/s1. The highest BCUT2D eigenvalue weighted by Crippen LogP contribution is 2.40. The molecule has 1 aliphatic rings. The molecular formula is C18H30N2O. The van der Waals surface area contributed by atoms with Crippen molar-refractivity contribution in [3.8, 4) is 5.75 Å². The smallest absolute Gasteiger partial charge is 0.119 e. The maximum absolute atomic E-state index is 5.55. The summed E-state index contributed by atoms with van der Waals surface area (Å²) in [7, 11) is 2.05. The van der Waals surface area contributed by atoms with Crippen molar-refractivity contribution in [1.82, 2.24) is 5.32 Å². The quantitative estimate of drug-likeness (QED) is 0.897. The summed E-state index contributed by atoms with van der Waals surface area (Å²) in [6, 6.07) is 9.10. The highest BCUT2D eigenvalue weighted by Gasteiger charge is 2.38. The summed E-state index contributed by atoms with van der Waals surface area (Å²) in [5.74, 6) is 1.66. The zero-order chi connectivity index (χ0) is 15.5. The molecule has 21 heavy (non-hydrogen) atoms. The van der Waals surface area contributed by atoms with Gasteiger partial charge in [0.05, 0.1) is 6.61 Å². The molecule has 0 bridgehead atoms. The minimum absolute atomic E-state index is 0.332. The van der Waals surface area contributed by atoms with Gasteiger partial charge in [0, 0.05) is 18.3 Å². The van der Waals surface area contributed by atoms with E-state index in [1.807, 2.05) is 14.0 Å². The number of benzene rings is 1. The zero-order valence-electron chi connectivity index (χ0n) is 14.1. The first-order valence-corrected chi connectivity index (χ1v) is 8.12. The highest BCUT2D eigenvalue weighted by molar-refractivity contribution is 5.51. The van der Waals surface area contributed by atoms with Gasteiger partial charge in [-0.05, 0) is 69.5 Å². The fraction of sp³-hybridized carbons (Fsp3) is 0.667. The second-order valence-corrected chi connectivity index (χ2v) is 6.87. The number of piperidine rings is 1. The molecule has 0 unspecified atom stereocenters. The average Bonchev–Trinajstić information content (AvgIpc) is 2.44. The number of nitrogens with zero attached hydrogens (tertiary/aromatic N) is 1. The van der Waals surface area contributed by atoms with Gasteiger partial charge in [-0.1, -0.05) is 13.8 Å². The van der Waals surface area contributed by atoms with E-state index in [0.717, 1.165) is 25.4 Å². The van der Waals surface area contributed by atoms with Gasteiger partial charge in [-0.2, -0.15) is 0 Å². The van der Waals surface area contributed by atoms with E-state index in [0.29, 0.717) is 17.4 Å². The summed E-state index contributed by atoms with van der Waals surface area (Å²) in [4.78, 5) is 2.56. The van der Waals surface area contributed by atoms with Crippen molar-refractivity contribution >= 4 is 5.69 Å². The van der Waals surface area contributed by atoms with Gasteiger partial charge in [-0.3, -0.25) is 0 Å². The number of nitrogens with one attached hydrogen (secondary N) is 1. The first-order valence-electron chi connectivity index (χ1n) is 8.12. The first kappa shape index (κ1) is 16.2. The molecule has 0 spiro atoms. The molecule has 0 aromatic heterocycles. The van der Waals surface area contributed by atoms with E-state index in [2.05, 4.69) is 55.3 Å². The van der Waals surface area contributed by atoms with Gasteiger partial charge < -0.3 is 15.0 Å². The SMILES string of the molecule is CCOc1ccc(N2C[C@H](CNC)CC(C)(C)[C@@H]2C)cc1. The molecule has 1 saturated heterocycles. The van der Waals surface area contributed by atoms with Gasteiger partial charge in [0.25, 0.3) is 0 Å². The normalized spacial score (nSPS) is 24.9. The Hall–Kier alpha value is -1.22. The molecule has 1 aromatic rings. The van der Waals surface area contributed by atoms with Crippen molar-refractivity contribution in [3.63, 3.8) is 0 Å². The van der Waals surface area contributed by atoms with Gasteiger partial charge in [-0.25, -0.2) is 0 Å². The molecule has 0 amide bonds. The summed E-state index contributed by atoms with van der Waals surface area (Å²) in [5, 5.41) is 3.34. The Bertz CT molecular complexity index is 441. The van der Waals surface area contributed by atoms with Gasteiger partial charge in [0.1, 0.15) is 5.75 Å². The number of ether oxygens (including phenoxy) is 1. The Labute approximate surface area is 129 Å². The Morgan fingerprint density at radius 1 is 1.29 bits per heavy atom. The van der Waals surface area contributed by atoms with Gasteiger partial charge >= 0.3 is 0 Å². The molecule has 118 valence electrons. The van der Waals surface area contributed by atoms with Crippen LogP contribution in [-0.2, 0) is 0 Å². The van der Waals surface area contributed by atoms with E-state index >= 15 is 0 Å². The largest absolute Gasteiger partial charge is 0.494 e. The third-order valence-electron chi connectivity index (χ3n) is 4.84. The van der Waals surface area contributed by atoms with E-state index in [1.165, 1.54) is 12.1 Å². The van der Waals surface area contributed by atoms with E-state index in [1.54, 1.807) is 0 Å². The van der Waals surface area contributed by atoms with Crippen molar-refractivity contribution in [2.75, 3.05) is 31.6 Å². The first-order chi connectivity index (χ1) is 9.97. The molecule has 0 radical (unpaired) electrons. The van der Waals surface area contributed by atoms with Crippen molar-refractivity contribution in [3.05, 3.63) is 24.3 Å². The van der Waals surface area contributed by atoms with Gasteiger partial charge in [0.2, 0.25) is 0 Å². The van der Waals surface area contributed by atoms with Gasteiger partial charge in [-0.15, -0.1) is 0 Å². The van der Waals surface area contributed by atoms with E-state index in [-0.39, 0.29) is 0 Å². The minimum Gasteiger partial charge on any atom is -0.494 e. The molecule has 3 nitrogen and oxygen atoms in total. The van der Waals surface area contributed by atoms with Crippen LogP contribution < -0.4 is 15.0 Å². The van der Waals surface area contributed by atoms with Crippen molar-refractivity contribution in [2.24, 2.45) is 11.3 Å². The Kier molecular flexibility index (Phi) is 5.15. The highest BCUT2D eigenvalue weighted by atomic mass is 16.5. The lowest BCUT2D eigenvalue weighted by Gasteiger charge is -2.49. The predicted octanol–water partition coefficient (Wildman–Crippen LogP) is 3.55. The van der Waals surface area contributed by atoms with Gasteiger partial charge in [0.15, 0.2) is 0 Å². The molecule has 0 aliphatic carbocycles. The molecule has 1 aliphatic heterocycles. The molecule has 1 N–H and O–H groups in total. The number of hydrogen-bond donors (Lipinski definition) is 1. The maximum Gasteiger partial charge on any atom is 0.119 e. The Morgan fingerprint density at radius 2 is 1.95 bits per heavy atom. The van der Waals surface area contributed by atoms with Crippen LogP contribution in [0.3, 0.4) is 0 Å². The fourth-order valence-corrected chi connectivity index (χ4v) is 3.49. The maximum atomic E-state index is 5.55. The van der Waals surface area contributed by atoms with E-state index in [4.69, 9.17) is 4.74 Å². The number of hydrogen-bond acceptors (Lipinski definition) is 3. The lowest BCUT2D eigenvalue weighted by Crippen LogP contribution is -2.53. The topological polar surface area (TPSA) is 24.5 Å². The third kappa shape index (κ3) is 3.70.